The van der Waals surface area contributed by atoms with E-state index in [2.05, 4.69) is 32.9 Å². The molecule has 4 heterocycles. The highest BCUT2D eigenvalue weighted by Gasteiger charge is 2.23. The molecule has 0 spiro atoms. The van der Waals surface area contributed by atoms with Gasteiger partial charge in [-0.2, -0.15) is 10.2 Å². The summed E-state index contributed by atoms with van der Waals surface area (Å²) < 4.78 is 3.96. The molecule has 3 aromatic heterocycles. The first-order valence-electron chi connectivity index (χ1n) is 11.4. The summed E-state index contributed by atoms with van der Waals surface area (Å²) in [6.07, 6.45) is 6.62. The van der Waals surface area contributed by atoms with Crippen LogP contribution < -0.4 is 10.9 Å². The molecule has 1 aromatic carbocycles. The normalized spacial score (nSPS) is 16.8. The van der Waals surface area contributed by atoms with Gasteiger partial charge in [0, 0.05) is 36.3 Å². The Morgan fingerprint density at radius 2 is 2.03 bits per heavy atom. The Hall–Kier alpha value is -3.77. The number of pyridine rings is 1. The summed E-state index contributed by atoms with van der Waals surface area (Å²) >= 11 is 0. The fourth-order valence-electron chi connectivity index (χ4n) is 5.10. The van der Waals surface area contributed by atoms with Crippen LogP contribution in [0, 0.1) is 11.3 Å². The number of imidazole rings is 1. The number of aromatic nitrogens is 5. The van der Waals surface area contributed by atoms with Crippen LogP contribution in [-0.4, -0.2) is 42.6 Å². The van der Waals surface area contributed by atoms with Gasteiger partial charge in [-0.1, -0.05) is 12.8 Å². The Bertz CT molecular complexity index is 1490. The van der Waals surface area contributed by atoms with Gasteiger partial charge >= 0.3 is 0 Å². The van der Waals surface area contributed by atoms with Gasteiger partial charge in [-0.3, -0.25) is 14.3 Å². The molecule has 0 bridgehead atoms. The van der Waals surface area contributed by atoms with Gasteiger partial charge < -0.3 is 9.88 Å². The molecule has 2 aliphatic rings. The molecule has 166 valence electrons. The number of fused-ring (bicyclic) bond motifs is 4. The number of benzene rings is 1. The highest BCUT2D eigenvalue weighted by Crippen LogP contribution is 2.31. The molecule has 0 amide bonds. The van der Waals surface area contributed by atoms with Crippen LogP contribution in [0.2, 0.25) is 0 Å². The van der Waals surface area contributed by atoms with Crippen LogP contribution in [0.5, 0.6) is 0 Å². The zero-order valence-corrected chi connectivity index (χ0v) is 18.5. The van der Waals surface area contributed by atoms with Crippen molar-refractivity contribution < 1.29 is 0 Å². The lowest BCUT2D eigenvalue weighted by Gasteiger charge is -2.24. The highest BCUT2D eigenvalue weighted by atomic mass is 16.1. The number of rotatable bonds is 3. The van der Waals surface area contributed by atoms with Crippen LogP contribution >= 0.6 is 0 Å². The summed E-state index contributed by atoms with van der Waals surface area (Å²) in [6, 6.07) is 9.77. The molecule has 0 radical (unpaired) electrons. The van der Waals surface area contributed by atoms with E-state index in [4.69, 9.17) is 9.97 Å². The van der Waals surface area contributed by atoms with Crippen molar-refractivity contribution in [1.82, 2.24) is 29.0 Å². The summed E-state index contributed by atoms with van der Waals surface area (Å²) in [5, 5.41) is 13.4. The molecular weight excluding hydrogens is 416 g/mol. The fourth-order valence-corrected chi connectivity index (χ4v) is 5.10. The van der Waals surface area contributed by atoms with Gasteiger partial charge in [0.05, 0.1) is 17.7 Å². The highest BCUT2D eigenvalue weighted by molar-refractivity contribution is 5.82. The maximum atomic E-state index is 13.0. The van der Waals surface area contributed by atoms with E-state index < -0.39 is 0 Å². The molecule has 0 unspecified atom stereocenters. The van der Waals surface area contributed by atoms with Gasteiger partial charge in [-0.25, -0.2) is 9.97 Å². The zero-order valence-electron chi connectivity index (χ0n) is 18.5. The minimum absolute atomic E-state index is 0.0717. The van der Waals surface area contributed by atoms with Crippen molar-refractivity contribution in [2.45, 2.75) is 44.8 Å². The molecule has 0 atom stereocenters. The lowest BCUT2D eigenvalue weighted by molar-refractivity contribution is 0.242. The Labute approximate surface area is 190 Å². The lowest BCUT2D eigenvalue weighted by atomic mass is 10.2. The summed E-state index contributed by atoms with van der Waals surface area (Å²) in [5.41, 5.74) is 3.34. The predicted octanol–water partition coefficient (Wildman–Crippen LogP) is 3.32. The van der Waals surface area contributed by atoms with Crippen molar-refractivity contribution in [2.24, 2.45) is 0 Å². The Morgan fingerprint density at radius 1 is 1.18 bits per heavy atom. The monoisotopic (exact) mass is 440 g/mol. The molecule has 1 N–H and O–H groups in total. The molecule has 1 saturated carbocycles. The summed E-state index contributed by atoms with van der Waals surface area (Å²) in [5.74, 6) is 1.53. The third-order valence-corrected chi connectivity index (χ3v) is 6.77. The standard InChI is InChI=1S/C24H24N8O/c1-30-9-8-21-28-19-11-17(6-7-20(19)31(21)14-30)27-24-26-13-16-10-15(12-25)23(33)32(22(16)29-24)18-4-2-3-5-18/h6-7,10-11,13,18H,2-5,8-9,14H2,1H3,(H,26,27,29). The summed E-state index contributed by atoms with van der Waals surface area (Å²) in [7, 11) is 2.12. The number of nitriles is 1. The maximum Gasteiger partial charge on any atom is 0.270 e. The molecule has 9 heteroatoms. The Morgan fingerprint density at radius 3 is 2.85 bits per heavy atom. The van der Waals surface area contributed by atoms with Gasteiger partial charge in [-0.15, -0.1) is 0 Å². The van der Waals surface area contributed by atoms with Crippen molar-refractivity contribution in [2.75, 3.05) is 18.9 Å². The van der Waals surface area contributed by atoms with E-state index in [0.29, 0.717) is 17.0 Å². The molecule has 0 saturated heterocycles. The molecule has 1 aliphatic heterocycles. The van der Waals surface area contributed by atoms with Crippen molar-refractivity contribution >= 4 is 33.7 Å². The van der Waals surface area contributed by atoms with E-state index in [1.54, 1.807) is 16.8 Å². The third kappa shape index (κ3) is 3.34. The number of nitrogens with zero attached hydrogens (tertiary/aromatic N) is 7. The topological polar surface area (TPSA) is 105 Å². The Kier molecular flexibility index (Phi) is 4.62. The number of likely N-dealkylation sites (N-methyl/N-ethyl adjacent to an activating group) is 1. The van der Waals surface area contributed by atoms with Crippen molar-refractivity contribution in [1.29, 1.82) is 5.26 Å². The molecule has 33 heavy (non-hydrogen) atoms. The predicted molar refractivity (Wildman–Crippen MR) is 125 cm³/mol. The van der Waals surface area contributed by atoms with E-state index in [9.17, 15) is 10.1 Å². The SMILES string of the molecule is CN1CCc2nc3cc(Nc4ncc5cc(C#N)c(=O)n(C6CCCC6)c5n4)ccc3n2C1. The first kappa shape index (κ1) is 19.9. The second-order valence-electron chi connectivity index (χ2n) is 9.01. The fraction of sp³-hybridized carbons (Fsp3) is 0.375. The van der Waals surface area contributed by atoms with Crippen LogP contribution in [0.1, 0.15) is 43.1 Å². The van der Waals surface area contributed by atoms with Gasteiger partial charge in [0.1, 0.15) is 23.1 Å². The minimum atomic E-state index is -0.267. The quantitative estimate of drug-likeness (QED) is 0.521. The molecule has 6 rings (SSSR count). The van der Waals surface area contributed by atoms with E-state index >= 15 is 0 Å². The van der Waals surface area contributed by atoms with Crippen LogP contribution in [0.3, 0.4) is 0 Å². The number of anilines is 2. The molecule has 1 aliphatic carbocycles. The van der Waals surface area contributed by atoms with Gasteiger partial charge in [0.25, 0.3) is 5.56 Å². The average molecular weight is 441 g/mol. The smallest absolute Gasteiger partial charge is 0.270 e. The summed E-state index contributed by atoms with van der Waals surface area (Å²) in [6.45, 7) is 1.85. The van der Waals surface area contributed by atoms with E-state index in [1.165, 1.54) is 0 Å². The number of nitrogens with one attached hydrogen (secondary N) is 1. The molecule has 4 aromatic rings. The van der Waals surface area contributed by atoms with Crippen molar-refractivity contribution in [3.8, 4) is 6.07 Å². The van der Waals surface area contributed by atoms with Gasteiger partial charge in [-0.05, 0) is 44.2 Å². The maximum absolute atomic E-state index is 13.0. The molecule has 1 fully saturated rings. The zero-order chi connectivity index (χ0) is 22.5. The first-order valence-corrected chi connectivity index (χ1v) is 11.4. The first-order chi connectivity index (χ1) is 16.1. The number of hydrogen-bond acceptors (Lipinski definition) is 7. The van der Waals surface area contributed by atoms with E-state index in [-0.39, 0.29) is 17.2 Å². The molecular formula is C24H24N8O. The van der Waals surface area contributed by atoms with Gasteiger partial charge in [0.2, 0.25) is 5.95 Å². The van der Waals surface area contributed by atoms with Crippen LogP contribution in [-0.2, 0) is 13.1 Å². The van der Waals surface area contributed by atoms with Gasteiger partial charge in [0.15, 0.2) is 0 Å². The largest absolute Gasteiger partial charge is 0.324 e. The van der Waals surface area contributed by atoms with Crippen LogP contribution in [0.4, 0.5) is 11.6 Å². The molecule has 9 nitrogen and oxygen atoms in total. The van der Waals surface area contributed by atoms with Crippen molar-refractivity contribution in [3.05, 3.63) is 52.2 Å². The summed E-state index contributed by atoms with van der Waals surface area (Å²) in [4.78, 5) is 29.2. The second-order valence-corrected chi connectivity index (χ2v) is 9.01. The Balaban J connectivity index is 1.40. The second kappa shape index (κ2) is 7.67. The van der Waals surface area contributed by atoms with Crippen molar-refractivity contribution in [3.63, 3.8) is 0 Å². The lowest BCUT2D eigenvalue weighted by Crippen LogP contribution is -2.31. The minimum Gasteiger partial charge on any atom is -0.324 e. The van der Waals surface area contributed by atoms with Crippen LogP contribution in [0.25, 0.3) is 22.1 Å². The third-order valence-electron chi connectivity index (χ3n) is 6.77. The number of hydrogen-bond donors (Lipinski definition) is 1. The van der Waals surface area contributed by atoms with E-state index in [0.717, 1.165) is 67.9 Å². The average Bonchev–Trinajstić information content (AvgIpc) is 3.46. The van der Waals surface area contributed by atoms with E-state index in [1.807, 2.05) is 18.2 Å². The van der Waals surface area contributed by atoms with Crippen LogP contribution in [0.15, 0.2) is 35.3 Å².